The molecular weight excluding hydrogens is 320 g/mol. The zero-order valence-corrected chi connectivity index (χ0v) is 14.9. The zero-order valence-electron chi connectivity index (χ0n) is 14.9. The van der Waals surface area contributed by atoms with Gasteiger partial charge in [-0.05, 0) is 43.2 Å². The van der Waals surface area contributed by atoms with Gasteiger partial charge in [0.15, 0.2) is 0 Å². The first-order valence-corrected chi connectivity index (χ1v) is 9.01. The van der Waals surface area contributed by atoms with Crippen LogP contribution in [-0.2, 0) is 14.3 Å². The van der Waals surface area contributed by atoms with Crippen molar-refractivity contribution in [2.75, 3.05) is 7.11 Å². The van der Waals surface area contributed by atoms with E-state index in [1.807, 2.05) is 12.1 Å². The van der Waals surface area contributed by atoms with E-state index in [-0.39, 0.29) is 41.2 Å². The number of ether oxygens (including phenoxy) is 3. The van der Waals surface area contributed by atoms with Gasteiger partial charge in [0.05, 0.1) is 13.0 Å². The summed E-state index contributed by atoms with van der Waals surface area (Å²) in [6, 6.07) is 5.76. The Kier molecular flexibility index (Phi) is 3.78. The summed E-state index contributed by atoms with van der Waals surface area (Å²) in [5.41, 5.74) is 0.957. The average Bonchev–Trinajstić information content (AvgIpc) is 2.90. The number of fused-ring (bicyclic) bond motifs is 5. The molecule has 0 aromatic heterocycles. The second-order valence-corrected chi connectivity index (χ2v) is 7.78. The highest BCUT2D eigenvalue weighted by Gasteiger charge is 2.59. The predicted octanol–water partition coefficient (Wildman–Crippen LogP) is 3.46. The lowest BCUT2D eigenvalue weighted by atomic mass is 9.58. The molecule has 0 spiro atoms. The highest BCUT2D eigenvalue weighted by molar-refractivity contribution is 5.80. The van der Waals surface area contributed by atoms with Gasteiger partial charge in [0.25, 0.3) is 0 Å². The molecule has 0 saturated heterocycles. The number of carbonyl (C=O) groups excluding carboxylic acids is 2. The normalized spacial score (nSPS) is 35.9. The number of methoxy groups -OCH3 is 1. The minimum absolute atomic E-state index is 0.0963. The Balaban J connectivity index is 1.68. The Bertz CT molecular complexity index is 727. The lowest BCUT2D eigenvalue weighted by Gasteiger charge is -2.48. The third-order valence-electron chi connectivity index (χ3n) is 6.59. The smallest absolute Gasteiger partial charge is 0.315 e. The molecule has 2 fully saturated rings. The van der Waals surface area contributed by atoms with Crippen LogP contribution in [0.1, 0.15) is 51.0 Å². The van der Waals surface area contributed by atoms with Gasteiger partial charge in [0.2, 0.25) is 0 Å². The van der Waals surface area contributed by atoms with Crippen LogP contribution in [0, 0.1) is 17.3 Å². The van der Waals surface area contributed by atoms with E-state index in [0.717, 1.165) is 31.2 Å². The Morgan fingerprint density at radius 1 is 1.28 bits per heavy atom. The average molecular weight is 344 g/mol. The standard InChI is InChI=1S/C20H24O5/c1-11(21)24-17-7-6-15-18-14(8-9-20(15,17)2)13-5-4-12(23-3)10-16(13)25-19(18)22/h4-5,10,14-15,17-18H,6-9H2,1-3H3/t14-,15+,17+,18+,20+/m1/s1. The summed E-state index contributed by atoms with van der Waals surface area (Å²) in [4.78, 5) is 24.3. The van der Waals surface area contributed by atoms with Crippen molar-refractivity contribution in [2.24, 2.45) is 17.3 Å². The van der Waals surface area contributed by atoms with E-state index in [0.29, 0.717) is 11.5 Å². The first kappa shape index (κ1) is 16.4. The molecule has 0 unspecified atom stereocenters. The topological polar surface area (TPSA) is 61.8 Å². The van der Waals surface area contributed by atoms with Crippen LogP contribution in [-0.4, -0.2) is 25.2 Å². The maximum atomic E-state index is 12.8. The molecule has 3 aliphatic rings. The van der Waals surface area contributed by atoms with E-state index in [9.17, 15) is 9.59 Å². The fourth-order valence-corrected chi connectivity index (χ4v) is 5.38. The van der Waals surface area contributed by atoms with Crippen LogP contribution >= 0.6 is 0 Å². The van der Waals surface area contributed by atoms with Gasteiger partial charge in [0, 0.05) is 24.3 Å². The van der Waals surface area contributed by atoms with Gasteiger partial charge in [0.1, 0.15) is 17.6 Å². The minimum atomic E-state index is -0.238. The molecule has 2 aliphatic carbocycles. The fraction of sp³-hybridized carbons (Fsp3) is 0.600. The van der Waals surface area contributed by atoms with Gasteiger partial charge in [-0.15, -0.1) is 0 Å². The van der Waals surface area contributed by atoms with E-state index >= 15 is 0 Å². The second-order valence-electron chi connectivity index (χ2n) is 7.78. The van der Waals surface area contributed by atoms with Crippen molar-refractivity contribution in [1.82, 2.24) is 0 Å². The lowest BCUT2D eigenvalue weighted by molar-refractivity contribution is -0.158. The number of esters is 2. The Morgan fingerprint density at radius 2 is 2.08 bits per heavy atom. The summed E-state index contributed by atoms with van der Waals surface area (Å²) < 4.78 is 16.5. The van der Waals surface area contributed by atoms with E-state index in [1.54, 1.807) is 13.2 Å². The van der Waals surface area contributed by atoms with E-state index in [4.69, 9.17) is 14.2 Å². The van der Waals surface area contributed by atoms with Gasteiger partial charge in [-0.25, -0.2) is 0 Å². The molecule has 4 rings (SSSR count). The van der Waals surface area contributed by atoms with Crippen LogP contribution in [0.15, 0.2) is 18.2 Å². The maximum absolute atomic E-state index is 12.8. The Labute approximate surface area is 147 Å². The molecule has 134 valence electrons. The van der Waals surface area contributed by atoms with E-state index in [1.165, 1.54) is 6.92 Å². The lowest BCUT2D eigenvalue weighted by Crippen LogP contribution is -2.48. The maximum Gasteiger partial charge on any atom is 0.315 e. The number of carbonyl (C=O) groups is 2. The number of rotatable bonds is 2. The molecule has 0 N–H and O–H groups in total. The molecule has 25 heavy (non-hydrogen) atoms. The van der Waals surface area contributed by atoms with Crippen molar-refractivity contribution in [3.05, 3.63) is 23.8 Å². The molecule has 0 bridgehead atoms. The molecule has 1 aromatic carbocycles. The monoisotopic (exact) mass is 344 g/mol. The fourth-order valence-electron chi connectivity index (χ4n) is 5.38. The third kappa shape index (κ3) is 2.43. The number of hydrogen-bond donors (Lipinski definition) is 0. The van der Waals surface area contributed by atoms with Crippen LogP contribution in [0.3, 0.4) is 0 Å². The highest BCUT2D eigenvalue weighted by atomic mass is 16.5. The molecule has 5 atom stereocenters. The molecule has 1 aromatic rings. The second kappa shape index (κ2) is 5.75. The van der Waals surface area contributed by atoms with Crippen molar-refractivity contribution in [1.29, 1.82) is 0 Å². The third-order valence-corrected chi connectivity index (χ3v) is 6.59. The molecule has 1 aliphatic heterocycles. The summed E-state index contributed by atoms with van der Waals surface area (Å²) in [6.07, 6.45) is 3.49. The van der Waals surface area contributed by atoms with Gasteiger partial charge < -0.3 is 14.2 Å². The van der Waals surface area contributed by atoms with Gasteiger partial charge in [-0.1, -0.05) is 13.0 Å². The van der Waals surface area contributed by atoms with Crippen molar-refractivity contribution >= 4 is 11.9 Å². The van der Waals surface area contributed by atoms with E-state index < -0.39 is 0 Å². The van der Waals surface area contributed by atoms with Gasteiger partial charge in [-0.3, -0.25) is 9.59 Å². The largest absolute Gasteiger partial charge is 0.497 e. The molecule has 5 heteroatoms. The van der Waals surface area contributed by atoms with E-state index in [2.05, 4.69) is 6.92 Å². The highest BCUT2D eigenvalue weighted by Crippen LogP contribution is 2.61. The number of hydrogen-bond acceptors (Lipinski definition) is 5. The first-order chi connectivity index (χ1) is 11.9. The van der Waals surface area contributed by atoms with Crippen molar-refractivity contribution in [2.45, 2.75) is 51.6 Å². The minimum Gasteiger partial charge on any atom is -0.497 e. The summed E-state index contributed by atoms with van der Waals surface area (Å²) in [7, 11) is 1.61. The molecule has 0 radical (unpaired) electrons. The number of benzene rings is 1. The summed E-state index contributed by atoms with van der Waals surface area (Å²) in [5, 5.41) is 0. The summed E-state index contributed by atoms with van der Waals surface area (Å²) >= 11 is 0. The molecule has 1 heterocycles. The zero-order chi connectivity index (χ0) is 17.8. The van der Waals surface area contributed by atoms with Crippen molar-refractivity contribution in [3.8, 4) is 11.5 Å². The van der Waals surface area contributed by atoms with Crippen LogP contribution in [0.4, 0.5) is 0 Å². The molecular formula is C20H24O5. The SMILES string of the molecule is COc1ccc2c(c1)OC(=O)[C@H]1[C@@H]2CC[C@]2(C)[C@@H](OC(C)=O)CC[C@@H]12. The van der Waals surface area contributed by atoms with Crippen LogP contribution in [0.25, 0.3) is 0 Å². The van der Waals surface area contributed by atoms with Gasteiger partial charge in [-0.2, -0.15) is 0 Å². The molecule has 5 nitrogen and oxygen atoms in total. The van der Waals surface area contributed by atoms with Crippen molar-refractivity contribution in [3.63, 3.8) is 0 Å². The Hall–Kier alpha value is -2.04. The van der Waals surface area contributed by atoms with Crippen LogP contribution < -0.4 is 9.47 Å². The van der Waals surface area contributed by atoms with Gasteiger partial charge >= 0.3 is 11.9 Å². The molecule has 0 amide bonds. The molecule has 2 saturated carbocycles. The van der Waals surface area contributed by atoms with Crippen molar-refractivity contribution < 1.29 is 23.8 Å². The van der Waals surface area contributed by atoms with Crippen LogP contribution in [0.5, 0.6) is 11.5 Å². The Morgan fingerprint density at radius 3 is 2.80 bits per heavy atom. The summed E-state index contributed by atoms with van der Waals surface area (Å²) in [5.74, 6) is 1.16. The predicted molar refractivity (Wildman–Crippen MR) is 90.5 cm³/mol. The summed E-state index contributed by atoms with van der Waals surface area (Å²) in [6.45, 7) is 3.63. The first-order valence-electron chi connectivity index (χ1n) is 9.01. The van der Waals surface area contributed by atoms with Crippen LogP contribution in [0.2, 0.25) is 0 Å². The quantitative estimate of drug-likeness (QED) is 0.607.